The molecule has 1 aliphatic heterocycles. The number of H-pyrrole nitrogens is 2. The van der Waals surface area contributed by atoms with Crippen LogP contribution in [0.2, 0.25) is 0 Å². The number of fused-ring (bicyclic) bond motifs is 3. The van der Waals surface area contributed by atoms with Gasteiger partial charge in [-0.05, 0) is 36.2 Å². The topological polar surface area (TPSA) is 107 Å². The van der Waals surface area contributed by atoms with E-state index in [9.17, 15) is 14.7 Å². The third-order valence-electron chi connectivity index (χ3n) is 5.65. The van der Waals surface area contributed by atoms with Crippen molar-refractivity contribution >= 4 is 10.9 Å². The predicted molar refractivity (Wildman–Crippen MR) is 110 cm³/mol. The maximum Gasteiger partial charge on any atom is 0.335 e. The molecular weight excluding hydrogens is 368 g/mol. The first-order valence-corrected chi connectivity index (χ1v) is 9.62. The van der Waals surface area contributed by atoms with Crippen molar-refractivity contribution < 1.29 is 10.4 Å². The highest BCUT2D eigenvalue weighted by molar-refractivity contribution is 5.85. The molecule has 0 aliphatic carbocycles. The van der Waals surface area contributed by atoms with Crippen LogP contribution in [0.25, 0.3) is 16.6 Å². The van der Waals surface area contributed by atoms with Gasteiger partial charge in [-0.15, -0.1) is 0 Å². The Kier molecular flexibility index (Phi) is 3.92. The number of aromatic amines is 2. The van der Waals surface area contributed by atoms with Crippen LogP contribution in [0.1, 0.15) is 28.4 Å². The van der Waals surface area contributed by atoms with Gasteiger partial charge in [0.25, 0.3) is 5.56 Å². The minimum atomic E-state index is -0.658. The number of rotatable bonds is 2. The lowest BCUT2D eigenvalue weighted by molar-refractivity contribution is -0.690. The summed E-state index contributed by atoms with van der Waals surface area (Å²) in [4.78, 5) is 31.1. The zero-order valence-corrected chi connectivity index (χ0v) is 15.9. The first-order valence-electron chi connectivity index (χ1n) is 9.62. The molecule has 0 bridgehead atoms. The number of aryl methyl sites for hydroxylation is 1. The summed E-state index contributed by atoms with van der Waals surface area (Å²) in [6.45, 7) is 2.69. The summed E-state index contributed by atoms with van der Waals surface area (Å²) in [5.74, 6) is -0.322. The monoisotopic (exact) mass is 389 g/mol. The van der Waals surface area contributed by atoms with Gasteiger partial charge in [-0.25, -0.2) is 9.36 Å². The Morgan fingerprint density at radius 3 is 2.76 bits per heavy atom. The molecule has 1 aliphatic rings. The molecule has 7 nitrogen and oxygen atoms in total. The summed E-state index contributed by atoms with van der Waals surface area (Å²) in [7, 11) is 0. The third kappa shape index (κ3) is 2.70. The second-order valence-corrected chi connectivity index (χ2v) is 7.49. The highest BCUT2D eigenvalue weighted by Crippen LogP contribution is 2.32. The highest BCUT2D eigenvalue weighted by atomic mass is 16.3. The standard InChI is InChI=1S/C22H20N4O3/c1-12-5-4-6-13(11-12)26-21(28)17(20(27)25-22(26)29)19-18-15(9-10-23-19)14-7-2-3-8-16(14)24-18/h2-8,11,19,23-24,28H,9-10H2,1H3,(H,25,27,29)/p+1/t19-/m0/s1. The number of nitrogens with two attached hydrogens (primary N) is 1. The van der Waals surface area contributed by atoms with E-state index in [0.717, 1.165) is 45.3 Å². The number of para-hydroxylation sites is 1. The van der Waals surface area contributed by atoms with Crippen molar-refractivity contribution in [2.45, 2.75) is 19.4 Å². The Labute approximate surface area is 165 Å². The fraction of sp³-hybridized carbons (Fsp3) is 0.182. The Bertz CT molecular complexity index is 1360. The highest BCUT2D eigenvalue weighted by Gasteiger charge is 2.34. The molecule has 3 heterocycles. The quantitative estimate of drug-likeness (QED) is 0.414. The van der Waals surface area contributed by atoms with Crippen LogP contribution < -0.4 is 16.6 Å². The van der Waals surface area contributed by atoms with Crippen molar-refractivity contribution in [2.75, 3.05) is 6.54 Å². The minimum absolute atomic E-state index is 0.179. The number of hydrogen-bond acceptors (Lipinski definition) is 3. The molecule has 4 aromatic rings. The molecule has 5 N–H and O–H groups in total. The molecule has 0 radical (unpaired) electrons. The normalized spacial score (nSPS) is 16.1. The lowest BCUT2D eigenvalue weighted by Gasteiger charge is -2.22. The van der Waals surface area contributed by atoms with E-state index in [1.807, 2.05) is 42.6 Å². The second-order valence-electron chi connectivity index (χ2n) is 7.49. The van der Waals surface area contributed by atoms with Crippen LogP contribution in [0.4, 0.5) is 0 Å². The number of nitrogens with one attached hydrogen (secondary N) is 2. The van der Waals surface area contributed by atoms with Gasteiger partial charge in [-0.1, -0.05) is 30.3 Å². The smallest absolute Gasteiger partial charge is 0.335 e. The van der Waals surface area contributed by atoms with Gasteiger partial charge in [0.05, 0.1) is 17.9 Å². The molecule has 7 heteroatoms. The first kappa shape index (κ1) is 17.5. The van der Waals surface area contributed by atoms with E-state index in [4.69, 9.17) is 0 Å². The Morgan fingerprint density at radius 2 is 1.93 bits per heavy atom. The van der Waals surface area contributed by atoms with Gasteiger partial charge in [-0.3, -0.25) is 9.78 Å². The zero-order valence-electron chi connectivity index (χ0n) is 15.9. The molecule has 2 aromatic carbocycles. The lowest BCUT2D eigenvalue weighted by Crippen LogP contribution is -2.87. The van der Waals surface area contributed by atoms with Crippen LogP contribution in [0.15, 0.2) is 58.1 Å². The maximum atomic E-state index is 12.8. The van der Waals surface area contributed by atoms with Crippen LogP contribution >= 0.6 is 0 Å². The van der Waals surface area contributed by atoms with Gasteiger partial charge in [0.15, 0.2) is 6.04 Å². The molecule has 5 rings (SSSR count). The molecule has 0 amide bonds. The van der Waals surface area contributed by atoms with Crippen LogP contribution in [0, 0.1) is 6.92 Å². The van der Waals surface area contributed by atoms with Gasteiger partial charge in [0.2, 0.25) is 5.88 Å². The number of benzene rings is 2. The molecule has 0 fully saturated rings. The van der Waals surface area contributed by atoms with Gasteiger partial charge < -0.3 is 15.4 Å². The van der Waals surface area contributed by atoms with Gasteiger partial charge >= 0.3 is 5.69 Å². The second kappa shape index (κ2) is 6.49. The summed E-state index contributed by atoms with van der Waals surface area (Å²) < 4.78 is 1.16. The number of quaternary nitrogens is 1. The molecule has 29 heavy (non-hydrogen) atoms. The average Bonchev–Trinajstić information content (AvgIpc) is 3.07. The van der Waals surface area contributed by atoms with Crippen molar-refractivity contribution in [1.29, 1.82) is 0 Å². The van der Waals surface area contributed by atoms with Gasteiger partial charge in [0, 0.05) is 17.3 Å². The van der Waals surface area contributed by atoms with Crippen molar-refractivity contribution in [3.63, 3.8) is 0 Å². The number of nitrogens with zero attached hydrogens (tertiary/aromatic N) is 1. The molecule has 0 saturated carbocycles. The molecule has 0 unspecified atom stereocenters. The molecule has 146 valence electrons. The van der Waals surface area contributed by atoms with Crippen LogP contribution in [-0.2, 0) is 6.42 Å². The minimum Gasteiger partial charge on any atom is -0.494 e. The van der Waals surface area contributed by atoms with E-state index >= 15 is 0 Å². The number of aromatic nitrogens is 3. The SMILES string of the molecule is Cc1cccc(-n2c(O)c([C@@H]3[NH2+]CCc4c3[nH]c3ccccc43)c(=O)[nH]c2=O)c1. The summed E-state index contributed by atoms with van der Waals surface area (Å²) >= 11 is 0. The molecule has 1 atom stereocenters. The molecule has 0 spiro atoms. The van der Waals surface area contributed by atoms with Crippen molar-refractivity contribution in [3.8, 4) is 11.6 Å². The zero-order chi connectivity index (χ0) is 20.1. The van der Waals surface area contributed by atoms with E-state index in [-0.39, 0.29) is 11.4 Å². The van der Waals surface area contributed by atoms with Gasteiger partial charge in [-0.2, -0.15) is 0 Å². The van der Waals surface area contributed by atoms with Gasteiger partial charge in [0.1, 0.15) is 5.56 Å². The maximum absolute atomic E-state index is 12.8. The largest absolute Gasteiger partial charge is 0.494 e. The first-order chi connectivity index (χ1) is 14.0. The summed E-state index contributed by atoms with van der Waals surface area (Å²) in [5.41, 5.74) is 3.47. The van der Waals surface area contributed by atoms with E-state index < -0.39 is 17.3 Å². The summed E-state index contributed by atoms with van der Waals surface area (Å²) in [5, 5.41) is 14.2. The van der Waals surface area contributed by atoms with Crippen molar-refractivity contribution in [1.82, 2.24) is 14.5 Å². The van der Waals surface area contributed by atoms with Crippen molar-refractivity contribution in [2.24, 2.45) is 0 Å². The van der Waals surface area contributed by atoms with Crippen LogP contribution in [-0.4, -0.2) is 26.2 Å². The van der Waals surface area contributed by atoms with E-state index in [0.29, 0.717) is 5.69 Å². The fourth-order valence-corrected chi connectivity index (χ4v) is 4.36. The van der Waals surface area contributed by atoms with E-state index in [2.05, 4.69) is 16.0 Å². The Hall–Kier alpha value is -3.58. The number of hydrogen-bond donors (Lipinski definition) is 4. The summed E-state index contributed by atoms with van der Waals surface area (Å²) in [6, 6.07) is 14.8. The molecule has 2 aromatic heterocycles. The van der Waals surface area contributed by atoms with Crippen LogP contribution in [0.3, 0.4) is 0 Å². The predicted octanol–water partition coefficient (Wildman–Crippen LogP) is 1.23. The average molecular weight is 389 g/mol. The lowest BCUT2D eigenvalue weighted by atomic mass is 9.95. The number of aromatic hydroxyl groups is 1. The molecule has 0 saturated heterocycles. The van der Waals surface area contributed by atoms with Crippen molar-refractivity contribution in [3.05, 3.63) is 91.8 Å². The van der Waals surface area contributed by atoms with Crippen LogP contribution in [0.5, 0.6) is 5.88 Å². The molecular formula is C22H21N4O3+. The van der Waals surface area contributed by atoms with E-state index in [1.165, 1.54) is 0 Å². The fourth-order valence-electron chi connectivity index (χ4n) is 4.36. The Morgan fingerprint density at radius 1 is 1.10 bits per heavy atom. The summed E-state index contributed by atoms with van der Waals surface area (Å²) in [6.07, 6.45) is 0.867. The Balaban J connectivity index is 1.75. The third-order valence-corrected chi connectivity index (χ3v) is 5.65. The van der Waals surface area contributed by atoms with E-state index in [1.54, 1.807) is 12.1 Å².